The van der Waals surface area contributed by atoms with Gasteiger partial charge in [-0.05, 0) is 63.7 Å². The standard InChI is InChI=1S/C26H22BrCl2NO2/c1-31-22-13-16(12-19(27)26(22)32-14-15-6-3-2-4-7-15)24-18-9-5-8-17(18)23-20(28)10-11-21(29)25(23)30-24/h2-8,10-13,17-18,24,30H,9,14H2,1H3/t17-,18+,24+/m1/s1. The van der Waals surface area contributed by atoms with Gasteiger partial charge >= 0.3 is 0 Å². The van der Waals surface area contributed by atoms with E-state index in [1.807, 2.05) is 42.5 Å². The minimum Gasteiger partial charge on any atom is -0.493 e. The van der Waals surface area contributed by atoms with Crippen molar-refractivity contribution < 1.29 is 9.47 Å². The number of allylic oxidation sites excluding steroid dienone is 2. The molecule has 0 unspecified atom stereocenters. The van der Waals surface area contributed by atoms with Gasteiger partial charge in [0, 0.05) is 16.5 Å². The number of nitrogens with one attached hydrogen (secondary N) is 1. The van der Waals surface area contributed by atoms with E-state index in [4.69, 9.17) is 32.7 Å². The van der Waals surface area contributed by atoms with Gasteiger partial charge in [0.1, 0.15) is 6.61 Å². The highest BCUT2D eigenvalue weighted by Crippen LogP contribution is 2.54. The lowest BCUT2D eigenvalue weighted by atomic mass is 9.77. The van der Waals surface area contributed by atoms with Crippen LogP contribution in [-0.2, 0) is 6.61 Å². The van der Waals surface area contributed by atoms with Gasteiger partial charge in [-0.1, -0.05) is 65.7 Å². The summed E-state index contributed by atoms with van der Waals surface area (Å²) in [5.74, 6) is 1.95. The summed E-state index contributed by atoms with van der Waals surface area (Å²) in [5, 5.41) is 5.11. The van der Waals surface area contributed by atoms with Crippen LogP contribution in [0, 0.1) is 5.92 Å². The molecule has 1 N–H and O–H groups in total. The third-order valence-corrected chi connectivity index (χ3v) is 7.49. The second-order valence-corrected chi connectivity index (χ2v) is 9.77. The third kappa shape index (κ3) is 3.89. The van der Waals surface area contributed by atoms with Crippen molar-refractivity contribution in [1.29, 1.82) is 0 Å². The molecule has 3 nitrogen and oxygen atoms in total. The van der Waals surface area contributed by atoms with Crippen LogP contribution in [0.4, 0.5) is 5.69 Å². The number of rotatable bonds is 5. The van der Waals surface area contributed by atoms with E-state index in [0.29, 0.717) is 29.0 Å². The van der Waals surface area contributed by atoms with E-state index in [2.05, 4.69) is 45.5 Å². The molecular weight excluding hydrogens is 509 g/mol. The van der Waals surface area contributed by atoms with Crippen molar-refractivity contribution in [1.82, 2.24) is 0 Å². The van der Waals surface area contributed by atoms with E-state index in [0.717, 1.165) is 38.3 Å². The second kappa shape index (κ2) is 9.01. The first-order valence-corrected chi connectivity index (χ1v) is 12.1. The van der Waals surface area contributed by atoms with Gasteiger partial charge < -0.3 is 14.8 Å². The SMILES string of the molecule is COc1cc([C@@H]2Nc3c(Cl)ccc(Cl)c3[C@@H]3C=CC[C@@H]32)cc(Br)c1OCc1ccccc1. The molecule has 1 heterocycles. The van der Waals surface area contributed by atoms with E-state index in [1.165, 1.54) is 0 Å². The van der Waals surface area contributed by atoms with E-state index in [1.54, 1.807) is 7.11 Å². The van der Waals surface area contributed by atoms with Crippen molar-refractivity contribution in [2.45, 2.75) is 25.0 Å². The smallest absolute Gasteiger partial charge is 0.175 e. The van der Waals surface area contributed by atoms with Crippen LogP contribution in [0.15, 0.2) is 71.2 Å². The topological polar surface area (TPSA) is 30.5 Å². The third-order valence-electron chi connectivity index (χ3n) is 6.25. The number of hydrogen-bond donors (Lipinski definition) is 1. The average Bonchev–Trinajstić information content (AvgIpc) is 3.30. The Bertz CT molecular complexity index is 1180. The van der Waals surface area contributed by atoms with Gasteiger partial charge in [0.15, 0.2) is 11.5 Å². The molecule has 1 aliphatic heterocycles. The van der Waals surface area contributed by atoms with Crippen molar-refractivity contribution in [2.75, 3.05) is 12.4 Å². The highest BCUT2D eigenvalue weighted by Gasteiger charge is 2.40. The van der Waals surface area contributed by atoms with Crippen molar-refractivity contribution >= 4 is 44.8 Å². The molecule has 0 saturated carbocycles. The lowest BCUT2D eigenvalue weighted by molar-refractivity contribution is 0.282. The van der Waals surface area contributed by atoms with Gasteiger partial charge in [-0.2, -0.15) is 0 Å². The molecule has 0 saturated heterocycles. The summed E-state index contributed by atoms with van der Waals surface area (Å²) in [6, 6.07) is 18.0. The minimum atomic E-state index is 0.0619. The lowest BCUT2D eigenvalue weighted by Crippen LogP contribution is -2.29. The maximum absolute atomic E-state index is 6.58. The van der Waals surface area contributed by atoms with Gasteiger partial charge in [-0.15, -0.1) is 0 Å². The van der Waals surface area contributed by atoms with Crippen LogP contribution in [0.25, 0.3) is 0 Å². The van der Waals surface area contributed by atoms with Gasteiger partial charge in [0.05, 0.1) is 28.3 Å². The Balaban J connectivity index is 1.49. The molecule has 0 spiro atoms. The molecule has 0 radical (unpaired) electrons. The van der Waals surface area contributed by atoms with Crippen LogP contribution in [0.2, 0.25) is 10.0 Å². The molecule has 3 aromatic rings. The van der Waals surface area contributed by atoms with Crippen molar-refractivity contribution in [3.05, 3.63) is 98.0 Å². The number of hydrogen-bond acceptors (Lipinski definition) is 3. The molecule has 0 fully saturated rings. The molecule has 1 aliphatic carbocycles. The monoisotopic (exact) mass is 529 g/mol. The summed E-state index contributed by atoms with van der Waals surface area (Å²) < 4.78 is 12.7. The first-order chi connectivity index (χ1) is 15.6. The minimum absolute atomic E-state index is 0.0619. The molecule has 3 atom stereocenters. The Kier molecular flexibility index (Phi) is 6.11. The van der Waals surface area contributed by atoms with Crippen molar-refractivity contribution in [3.63, 3.8) is 0 Å². The molecule has 3 aromatic carbocycles. The molecule has 5 rings (SSSR count). The normalized spacial score (nSPS) is 20.9. The molecular formula is C26H22BrCl2NO2. The molecule has 32 heavy (non-hydrogen) atoms. The van der Waals surface area contributed by atoms with Gasteiger partial charge in [0.25, 0.3) is 0 Å². The Hall–Kier alpha value is -2.14. The van der Waals surface area contributed by atoms with Crippen LogP contribution >= 0.6 is 39.1 Å². The van der Waals surface area contributed by atoms with Gasteiger partial charge in [0.2, 0.25) is 0 Å². The van der Waals surface area contributed by atoms with E-state index in [-0.39, 0.29) is 12.0 Å². The zero-order chi connectivity index (χ0) is 22.2. The summed E-state index contributed by atoms with van der Waals surface area (Å²) in [5.41, 5.74) is 4.21. The van der Waals surface area contributed by atoms with Crippen LogP contribution in [0.5, 0.6) is 11.5 Å². The molecule has 0 amide bonds. The Morgan fingerprint density at radius 1 is 1.06 bits per heavy atom. The summed E-state index contributed by atoms with van der Waals surface area (Å²) in [7, 11) is 1.67. The molecule has 6 heteroatoms. The molecule has 2 aliphatic rings. The number of anilines is 1. The summed E-state index contributed by atoms with van der Waals surface area (Å²) >= 11 is 16.9. The summed E-state index contributed by atoms with van der Waals surface area (Å²) in [6.45, 7) is 0.465. The number of halogens is 3. The van der Waals surface area contributed by atoms with Crippen LogP contribution in [0.1, 0.15) is 35.1 Å². The Morgan fingerprint density at radius 2 is 1.84 bits per heavy atom. The number of benzene rings is 3. The van der Waals surface area contributed by atoms with Crippen molar-refractivity contribution in [2.24, 2.45) is 5.92 Å². The first-order valence-electron chi connectivity index (χ1n) is 10.5. The fourth-order valence-electron chi connectivity index (χ4n) is 4.75. The van der Waals surface area contributed by atoms with Crippen molar-refractivity contribution in [3.8, 4) is 11.5 Å². The van der Waals surface area contributed by atoms with E-state index < -0.39 is 0 Å². The van der Waals surface area contributed by atoms with Crippen LogP contribution in [0.3, 0.4) is 0 Å². The zero-order valence-corrected chi connectivity index (χ0v) is 20.5. The van der Waals surface area contributed by atoms with Crippen LogP contribution < -0.4 is 14.8 Å². The number of fused-ring (bicyclic) bond motifs is 3. The van der Waals surface area contributed by atoms with E-state index >= 15 is 0 Å². The van der Waals surface area contributed by atoms with Gasteiger partial charge in [-0.3, -0.25) is 0 Å². The predicted octanol–water partition coefficient (Wildman–Crippen LogP) is 8.17. The van der Waals surface area contributed by atoms with Crippen LogP contribution in [-0.4, -0.2) is 7.11 Å². The quantitative estimate of drug-likeness (QED) is 0.337. The maximum atomic E-state index is 6.58. The maximum Gasteiger partial charge on any atom is 0.175 e. The lowest BCUT2D eigenvalue weighted by Gasteiger charge is -2.38. The highest BCUT2D eigenvalue weighted by molar-refractivity contribution is 9.10. The van der Waals surface area contributed by atoms with Gasteiger partial charge in [-0.25, -0.2) is 0 Å². The zero-order valence-electron chi connectivity index (χ0n) is 17.4. The predicted molar refractivity (Wildman–Crippen MR) is 134 cm³/mol. The highest BCUT2D eigenvalue weighted by atomic mass is 79.9. The largest absolute Gasteiger partial charge is 0.493 e. The fourth-order valence-corrected chi connectivity index (χ4v) is 5.82. The Morgan fingerprint density at radius 3 is 2.62 bits per heavy atom. The number of methoxy groups -OCH3 is 1. The summed E-state index contributed by atoms with van der Waals surface area (Å²) in [6.07, 6.45) is 5.46. The average molecular weight is 531 g/mol. The second-order valence-electron chi connectivity index (χ2n) is 8.10. The van der Waals surface area contributed by atoms with E-state index in [9.17, 15) is 0 Å². The fraction of sp³-hybridized carbons (Fsp3) is 0.231. The summed E-state index contributed by atoms with van der Waals surface area (Å²) in [4.78, 5) is 0. The first kappa shape index (κ1) is 21.7. The molecule has 0 aromatic heterocycles. The molecule has 164 valence electrons. The Labute approximate surface area is 206 Å². The number of ether oxygens (including phenoxy) is 2. The molecule has 0 bridgehead atoms.